The van der Waals surface area contributed by atoms with Gasteiger partial charge in [-0.2, -0.15) is 4.31 Å². The van der Waals surface area contributed by atoms with Crippen molar-refractivity contribution in [1.82, 2.24) is 4.31 Å². The summed E-state index contributed by atoms with van der Waals surface area (Å²) in [5.74, 6) is 2.09. The first-order valence-corrected chi connectivity index (χ1v) is 11.2. The van der Waals surface area contributed by atoms with Crippen molar-refractivity contribution in [1.29, 1.82) is 0 Å². The summed E-state index contributed by atoms with van der Waals surface area (Å²) in [6.45, 7) is 2.28. The molecule has 0 aliphatic carbocycles. The second-order valence-corrected chi connectivity index (χ2v) is 9.04. The van der Waals surface area contributed by atoms with Crippen molar-refractivity contribution in [2.75, 3.05) is 21.3 Å². The molecule has 0 N–H and O–H groups in total. The number of aryl methyl sites for hydroxylation is 1. The number of hydrogen-bond acceptors (Lipinski definition) is 5. The fourth-order valence-corrected chi connectivity index (χ4v) is 4.76. The van der Waals surface area contributed by atoms with Crippen LogP contribution >= 0.6 is 0 Å². The fraction of sp³-hybridized carbons (Fsp3) is 0.250. The smallest absolute Gasteiger partial charge is 0.243 e. The molecule has 0 heterocycles. The van der Waals surface area contributed by atoms with Gasteiger partial charge in [0.1, 0.15) is 17.2 Å². The molecule has 0 unspecified atom stereocenters. The minimum absolute atomic E-state index is 0.226. The van der Waals surface area contributed by atoms with Gasteiger partial charge in [-0.1, -0.05) is 24.3 Å². The van der Waals surface area contributed by atoms with Gasteiger partial charge in [0.15, 0.2) is 0 Å². The number of ether oxygens (including phenoxy) is 3. The van der Waals surface area contributed by atoms with E-state index in [-0.39, 0.29) is 18.0 Å². The van der Waals surface area contributed by atoms with Gasteiger partial charge in [-0.05, 0) is 66.1 Å². The molecule has 0 amide bonds. The van der Waals surface area contributed by atoms with E-state index in [1.165, 1.54) is 4.31 Å². The first kappa shape index (κ1) is 22.7. The highest BCUT2D eigenvalue weighted by Gasteiger charge is 2.26. The van der Waals surface area contributed by atoms with Crippen molar-refractivity contribution in [3.05, 3.63) is 83.4 Å². The Morgan fingerprint density at radius 3 is 1.58 bits per heavy atom. The molecule has 6 nitrogen and oxygen atoms in total. The Kier molecular flexibility index (Phi) is 7.20. The molecule has 3 rings (SSSR count). The largest absolute Gasteiger partial charge is 0.497 e. The van der Waals surface area contributed by atoms with E-state index in [1.54, 1.807) is 39.5 Å². The zero-order valence-corrected chi connectivity index (χ0v) is 19.0. The Morgan fingerprint density at radius 2 is 1.19 bits per heavy atom. The number of nitrogens with zero attached hydrogens (tertiary/aromatic N) is 1. The third-order valence-corrected chi connectivity index (χ3v) is 6.83. The maximum Gasteiger partial charge on any atom is 0.243 e. The van der Waals surface area contributed by atoms with E-state index in [0.29, 0.717) is 5.75 Å². The van der Waals surface area contributed by atoms with Gasteiger partial charge in [0.2, 0.25) is 10.0 Å². The molecule has 0 bridgehead atoms. The van der Waals surface area contributed by atoms with Crippen LogP contribution in [0.3, 0.4) is 0 Å². The van der Waals surface area contributed by atoms with E-state index in [4.69, 9.17) is 14.2 Å². The average molecular weight is 442 g/mol. The minimum atomic E-state index is -3.76. The van der Waals surface area contributed by atoms with Crippen LogP contribution in [-0.4, -0.2) is 34.1 Å². The summed E-state index contributed by atoms with van der Waals surface area (Å²) in [5.41, 5.74) is 2.49. The molecule has 0 fully saturated rings. The normalized spacial score (nSPS) is 11.4. The van der Waals surface area contributed by atoms with Crippen molar-refractivity contribution < 1.29 is 22.6 Å². The van der Waals surface area contributed by atoms with Crippen LogP contribution in [0.2, 0.25) is 0 Å². The van der Waals surface area contributed by atoms with Crippen molar-refractivity contribution in [2.45, 2.75) is 24.9 Å². The number of sulfonamides is 1. The van der Waals surface area contributed by atoms with E-state index in [1.807, 2.05) is 55.5 Å². The second kappa shape index (κ2) is 9.85. The van der Waals surface area contributed by atoms with Gasteiger partial charge >= 0.3 is 0 Å². The molecule has 0 saturated heterocycles. The molecule has 0 aliphatic heterocycles. The number of benzene rings is 3. The van der Waals surface area contributed by atoms with E-state index in [9.17, 15) is 8.42 Å². The van der Waals surface area contributed by atoms with Crippen molar-refractivity contribution in [3.8, 4) is 17.2 Å². The number of rotatable bonds is 9. The topological polar surface area (TPSA) is 65.1 Å². The standard InChI is InChI=1S/C24H27NO5S/c1-18-15-23(13-14-24(18)30-4)31(26,27)25(16-19-5-9-21(28-2)10-6-19)17-20-7-11-22(29-3)12-8-20/h5-15H,16-17H2,1-4H3. The van der Waals surface area contributed by atoms with Crippen LogP contribution in [0.5, 0.6) is 17.2 Å². The highest BCUT2D eigenvalue weighted by atomic mass is 32.2. The molecule has 0 atom stereocenters. The van der Waals surface area contributed by atoms with Crippen molar-refractivity contribution >= 4 is 10.0 Å². The van der Waals surface area contributed by atoms with E-state index in [2.05, 4.69) is 0 Å². The predicted octanol–water partition coefficient (Wildman–Crippen LogP) is 4.41. The van der Waals surface area contributed by atoms with E-state index < -0.39 is 10.0 Å². The number of methoxy groups -OCH3 is 3. The van der Waals surface area contributed by atoms with Crippen molar-refractivity contribution in [3.63, 3.8) is 0 Å². The van der Waals surface area contributed by atoms with Crippen LogP contribution in [0, 0.1) is 6.92 Å². The minimum Gasteiger partial charge on any atom is -0.497 e. The van der Waals surface area contributed by atoms with Crippen LogP contribution < -0.4 is 14.2 Å². The van der Waals surface area contributed by atoms with E-state index >= 15 is 0 Å². The summed E-state index contributed by atoms with van der Waals surface area (Å²) in [4.78, 5) is 0.229. The lowest BCUT2D eigenvalue weighted by Gasteiger charge is -2.23. The van der Waals surface area contributed by atoms with E-state index in [0.717, 1.165) is 28.2 Å². The van der Waals surface area contributed by atoms with Crippen LogP contribution in [-0.2, 0) is 23.1 Å². The van der Waals surface area contributed by atoms with Crippen LogP contribution in [0.4, 0.5) is 0 Å². The molecule has 0 aromatic heterocycles. The fourth-order valence-electron chi connectivity index (χ4n) is 3.26. The predicted molar refractivity (Wildman–Crippen MR) is 120 cm³/mol. The zero-order valence-electron chi connectivity index (χ0n) is 18.2. The molecule has 0 radical (unpaired) electrons. The Hall–Kier alpha value is -3.03. The Bertz CT molecular complexity index is 1060. The third-order valence-electron chi connectivity index (χ3n) is 5.04. The molecule has 7 heteroatoms. The van der Waals surface area contributed by atoms with Gasteiger partial charge in [-0.25, -0.2) is 8.42 Å². The summed E-state index contributed by atoms with van der Waals surface area (Å²) >= 11 is 0. The molecule has 0 saturated carbocycles. The lowest BCUT2D eigenvalue weighted by molar-refractivity contribution is 0.397. The maximum atomic E-state index is 13.6. The Labute approximate surface area is 184 Å². The highest BCUT2D eigenvalue weighted by Crippen LogP contribution is 2.27. The maximum absolute atomic E-state index is 13.6. The van der Waals surface area contributed by atoms with Crippen LogP contribution in [0.15, 0.2) is 71.6 Å². The zero-order chi connectivity index (χ0) is 22.4. The molecule has 3 aromatic rings. The van der Waals surface area contributed by atoms with Gasteiger partial charge in [-0.15, -0.1) is 0 Å². The molecule has 0 aliphatic rings. The third kappa shape index (κ3) is 5.37. The van der Waals surface area contributed by atoms with Gasteiger partial charge in [0.25, 0.3) is 0 Å². The molecular weight excluding hydrogens is 414 g/mol. The quantitative estimate of drug-likeness (QED) is 0.492. The van der Waals surface area contributed by atoms with Gasteiger partial charge < -0.3 is 14.2 Å². The lowest BCUT2D eigenvalue weighted by atomic mass is 10.2. The summed E-state index contributed by atoms with van der Waals surface area (Å²) < 4.78 is 44.3. The van der Waals surface area contributed by atoms with Crippen LogP contribution in [0.1, 0.15) is 16.7 Å². The van der Waals surface area contributed by atoms with Gasteiger partial charge in [0.05, 0.1) is 26.2 Å². The number of hydrogen-bond donors (Lipinski definition) is 0. The van der Waals surface area contributed by atoms with Gasteiger partial charge in [-0.3, -0.25) is 0 Å². The lowest BCUT2D eigenvalue weighted by Crippen LogP contribution is -2.30. The first-order chi connectivity index (χ1) is 14.9. The van der Waals surface area contributed by atoms with Crippen LogP contribution in [0.25, 0.3) is 0 Å². The van der Waals surface area contributed by atoms with Crippen molar-refractivity contribution in [2.24, 2.45) is 0 Å². The summed E-state index contributed by atoms with van der Waals surface area (Å²) in [7, 11) is 1.00. The summed E-state index contributed by atoms with van der Waals surface area (Å²) in [6, 6.07) is 19.7. The summed E-state index contributed by atoms with van der Waals surface area (Å²) in [6.07, 6.45) is 0. The van der Waals surface area contributed by atoms with Gasteiger partial charge in [0, 0.05) is 13.1 Å². The monoisotopic (exact) mass is 441 g/mol. The molecule has 3 aromatic carbocycles. The average Bonchev–Trinajstić information content (AvgIpc) is 2.79. The Balaban J connectivity index is 1.96. The molecular formula is C24H27NO5S. The molecule has 31 heavy (non-hydrogen) atoms. The SMILES string of the molecule is COc1ccc(CN(Cc2ccc(OC)cc2)S(=O)(=O)c2ccc(OC)c(C)c2)cc1. The molecule has 164 valence electrons. The first-order valence-electron chi connectivity index (χ1n) is 9.78. The second-order valence-electron chi connectivity index (χ2n) is 7.10. The highest BCUT2D eigenvalue weighted by molar-refractivity contribution is 7.89. The molecule has 0 spiro atoms. The summed E-state index contributed by atoms with van der Waals surface area (Å²) in [5, 5.41) is 0. The Morgan fingerprint density at radius 1 is 0.710 bits per heavy atom.